The van der Waals surface area contributed by atoms with Crippen LogP contribution in [0.5, 0.6) is 0 Å². The van der Waals surface area contributed by atoms with Gasteiger partial charge in [-0.05, 0) is 50.2 Å². The Kier molecular flexibility index (Phi) is 6.94. The second-order valence-electron chi connectivity index (χ2n) is 10.7. The molecule has 2 aliphatic rings. The molecule has 2 fully saturated rings. The third kappa shape index (κ3) is 4.78. The van der Waals surface area contributed by atoms with Crippen LogP contribution in [0.25, 0.3) is 16.7 Å². The lowest BCUT2D eigenvalue weighted by Gasteiger charge is -2.31. The highest BCUT2D eigenvalue weighted by atomic mass is 32.2. The second kappa shape index (κ2) is 10.4. The molecule has 4 aromatic rings. The van der Waals surface area contributed by atoms with Crippen LogP contribution in [-0.2, 0) is 17.1 Å². The van der Waals surface area contributed by atoms with Crippen molar-refractivity contribution < 1.29 is 12.8 Å². The zero-order valence-electron chi connectivity index (χ0n) is 23.1. The Morgan fingerprint density at radius 3 is 2.31 bits per heavy atom. The zero-order chi connectivity index (χ0) is 29.9. The number of nitrogens with zero attached hydrogens (tertiary/aromatic N) is 5. The van der Waals surface area contributed by atoms with E-state index in [1.807, 2.05) is 11.9 Å². The summed E-state index contributed by atoms with van der Waals surface area (Å²) in [6.45, 7) is 1.82. The number of likely N-dealkylation sites (N-methyl/N-ethyl adjacent to an activating group) is 1. The first-order valence-corrected chi connectivity index (χ1v) is 14.9. The molecule has 0 spiro atoms. The first-order chi connectivity index (χ1) is 20.0. The van der Waals surface area contributed by atoms with Gasteiger partial charge in [0.25, 0.3) is 11.1 Å². The lowest BCUT2D eigenvalue weighted by atomic mass is 9.96. The fourth-order valence-electron chi connectivity index (χ4n) is 5.29. The fraction of sp³-hybridized carbons (Fsp3) is 0.321. The van der Waals surface area contributed by atoms with Gasteiger partial charge in [0.05, 0.1) is 22.0 Å². The van der Waals surface area contributed by atoms with E-state index in [4.69, 9.17) is 7.85 Å². The van der Waals surface area contributed by atoms with E-state index in [2.05, 4.69) is 5.32 Å². The van der Waals surface area contributed by atoms with Crippen molar-refractivity contribution in [2.24, 2.45) is 7.05 Å². The molecule has 1 aliphatic carbocycles. The Labute approximate surface area is 241 Å². The molecule has 1 aliphatic heterocycles. The van der Waals surface area contributed by atoms with E-state index in [0.717, 1.165) is 15.2 Å². The third-order valence-corrected chi connectivity index (χ3v) is 9.70. The van der Waals surface area contributed by atoms with Gasteiger partial charge in [-0.1, -0.05) is 17.6 Å². The number of sulfonamides is 1. The van der Waals surface area contributed by atoms with Gasteiger partial charge in [0.1, 0.15) is 24.7 Å². The molecule has 216 valence electrons. The fourth-order valence-corrected chi connectivity index (χ4v) is 6.75. The Bertz CT molecular complexity index is 2030. The summed E-state index contributed by atoms with van der Waals surface area (Å²) in [6, 6.07) is 10.7. The van der Waals surface area contributed by atoms with E-state index >= 15 is 0 Å². The molecule has 11 nitrogen and oxygen atoms in total. The number of pyridine rings is 1. The van der Waals surface area contributed by atoms with Crippen molar-refractivity contribution in [3.8, 4) is 5.69 Å². The summed E-state index contributed by atoms with van der Waals surface area (Å²) in [4.78, 5) is 43.0. The number of rotatable bonds is 6. The predicted octanol–water partition coefficient (Wildman–Crippen LogP) is 0.799. The highest BCUT2D eigenvalue weighted by molar-refractivity contribution is 7.89. The minimum atomic E-state index is -3.89. The summed E-state index contributed by atoms with van der Waals surface area (Å²) in [5.41, 5.74) is -1.61. The monoisotopic (exact) mass is 590 g/mol. The van der Waals surface area contributed by atoms with Gasteiger partial charge in [0, 0.05) is 45.3 Å². The molecule has 0 amide bonds. The van der Waals surface area contributed by atoms with E-state index in [1.54, 1.807) is 6.07 Å². The number of nitrogens with one attached hydrogen (secondary N) is 1. The average molecular weight is 590 g/mol. The van der Waals surface area contributed by atoms with E-state index in [-0.39, 0.29) is 44.5 Å². The van der Waals surface area contributed by atoms with Crippen molar-refractivity contribution in [1.82, 2.24) is 22.9 Å². The second-order valence-corrected chi connectivity index (χ2v) is 12.7. The number of hydrogen-bond acceptors (Lipinski definition) is 7. The Morgan fingerprint density at radius 1 is 0.929 bits per heavy atom. The molecular weight excluding hydrogens is 562 g/mol. The molecule has 0 bridgehead atoms. The third-order valence-electron chi connectivity index (χ3n) is 7.80. The maximum absolute atomic E-state index is 14.7. The smallest absolute Gasteiger partial charge is 0.337 e. The topological polar surface area (TPSA) is 119 Å². The van der Waals surface area contributed by atoms with Crippen molar-refractivity contribution in [3.05, 3.63) is 85.5 Å². The van der Waals surface area contributed by atoms with Crippen LogP contribution in [0.2, 0.25) is 0 Å². The van der Waals surface area contributed by atoms with Crippen LogP contribution < -0.4 is 27.6 Å². The van der Waals surface area contributed by atoms with E-state index in [1.165, 1.54) is 52.3 Å². The minimum Gasteiger partial charge on any atom is -0.352 e. The summed E-state index contributed by atoms with van der Waals surface area (Å²) < 4.78 is 46.7. The molecule has 2 aromatic carbocycles. The molecule has 3 heterocycles. The molecule has 6 rings (SSSR count). The van der Waals surface area contributed by atoms with Crippen LogP contribution in [0.4, 0.5) is 15.8 Å². The van der Waals surface area contributed by atoms with Gasteiger partial charge in [-0.25, -0.2) is 22.2 Å². The maximum atomic E-state index is 14.7. The lowest BCUT2D eigenvalue weighted by molar-refractivity contribution is 0.222. The highest BCUT2D eigenvalue weighted by Crippen LogP contribution is 2.34. The van der Waals surface area contributed by atoms with Gasteiger partial charge in [0.2, 0.25) is 10.0 Å². The standard InChI is InChI=1S/C28H28BFN6O5S/c1-32-10-12-34(13-11-32)42(40,41)20-5-3-4-19(15-20)35-26-25(27(38)36(28(35)39)18-7-8-18)23(16-24(37)33(26)2)31-22-9-6-17(29)14-21(22)30/h3-6,9,14-16,18,31H,7-8,10-13H2,1-2H3. The van der Waals surface area contributed by atoms with Gasteiger partial charge in [0.15, 0.2) is 0 Å². The normalized spacial score (nSPS) is 16.6. The molecule has 1 saturated carbocycles. The number of anilines is 2. The Hall–Kier alpha value is -4.01. The van der Waals surface area contributed by atoms with Crippen molar-refractivity contribution >= 4 is 45.7 Å². The first-order valence-electron chi connectivity index (χ1n) is 13.5. The first kappa shape index (κ1) is 28.1. The van der Waals surface area contributed by atoms with Crippen molar-refractivity contribution in [2.75, 3.05) is 38.5 Å². The summed E-state index contributed by atoms with van der Waals surface area (Å²) in [7, 11) is 5.13. The van der Waals surface area contributed by atoms with E-state index in [0.29, 0.717) is 39.0 Å². The van der Waals surface area contributed by atoms with Crippen LogP contribution in [0, 0.1) is 5.82 Å². The van der Waals surface area contributed by atoms with E-state index in [9.17, 15) is 27.2 Å². The van der Waals surface area contributed by atoms with Crippen LogP contribution in [0.1, 0.15) is 18.9 Å². The van der Waals surface area contributed by atoms with Crippen LogP contribution >= 0.6 is 0 Å². The molecule has 42 heavy (non-hydrogen) atoms. The minimum absolute atomic E-state index is 0.00568. The number of benzene rings is 2. The zero-order valence-corrected chi connectivity index (χ0v) is 23.9. The summed E-state index contributed by atoms with van der Waals surface area (Å²) in [5.74, 6) is -0.693. The lowest BCUT2D eigenvalue weighted by Crippen LogP contribution is -2.47. The van der Waals surface area contributed by atoms with Crippen LogP contribution in [-0.4, -0.2) is 72.4 Å². The summed E-state index contributed by atoms with van der Waals surface area (Å²) in [5, 5.41) is 2.82. The number of fused-ring (bicyclic) bond motifs is 1. The van der Waals surface area contributed by atoms with Gasteiger partial charge in [-0.15, -0.1) is 0 Å². The number of halogens is 1. The molecule has 2 radical (unpaired) electrons. The van der Waals surface area contributed by atoms with Crippen LogP contribution in [0.15, 0.2) is 67.8 Å². The summed E-state index contributed by atoms with van der Waals surface area (Å²) >= 11 is 0. The largest absolute Gasteiger partial charge is 0.352 e. The number of piperazine rings is 1. The van der Waals surface area contributed by atoms with Crippen molar-refractivity contribution in [3.63, 3.8) is 0 Å². The van der Waals surface area contributed by atoms with Crippen LogP contribution in [0.3, 0.4) is 0 Å². The van der Waals surface area contributed by atoms with Gasteiger partial charge in [-0.2, -0.15) is 4.31 Å². The molecule has 1 N–H and O–H groups in total. The molecular formula is C28H28BFN6O5S. The molecule has 0 atom stereocenters. The SMILES string of the molecule is [B]c1ccc(Nc2cc(=O)n(C)c3c2c(=O)n(C2CC2)c(=O)n3-c2cccc(S(=O)(=O)N3CCN(C)CC3)c2)c(F)c1. The predicted molar refractivity (Wildman–Crippen MR) is 159 cm³/mol. The average Bonchev–Trinajstić information content (AvgIpc) is 3.78. The number of aryl methyl sites for hydroxylation is 1. The summed E-state index contributed by atoms with van der Waals surface area (Å²) in [6.07, 6.45) is 1.22. The van der Waals surface area contributed by atoms with Gasteiger partial charge >= 0.3 is 5.69 Å². The van der Waals surface area contributed by atoms with Crippen molar-refractivity contribution in [1.29, 1.82) is 0 Å². The Morgan fingerprint density at radius 2 is 1.64 bits per heavy atom. The molecule has 14 heteroatoms. The van der Waals surface area contributed by atoms with E-state index < -0.39 is 32.6 Å². The highest BCUT2D eigenvalue weighted by Gasteiger charge is 2.32. The number of hydrogen-bond donors (Lipinski definition) is 1. The van der Waals surface area contributed by atoms with Crippen molar-refractivity contribution in [2.45, 2.75) is 23.8 Å². The molecule has 1 saturated heterocycles. The molecule has 0 unspecified atom stereocenters. The van der Waals surface area contributed by atoms with Gasteiger partial charge < -0.3 is 10.2 Å². The Balaban J connectivity index is 1.60. The van der Waals surface area contributed by atoms with Gasteiger partial charge in [-0.3, -0.25) is 18.7 Å². The maximum Gasteiger partial charge on any atom is 0.337 e. The molecule has 2 aromatic heterocycles. The number of aromatic nitrogens is 3. The quantitative estimate of drug-likeness (QED) is 0.330.